The van der Waals surface area contributed by atoms with Gasteiger partial charge >= 0.3 is 0 Å². The molecule has 0 aromatic carbocycles. The molecule has 0 aromatic rings. The molecule has 5 nitrogen and oxygen atoms in total. The first-order valence-corrected chi connectivity index (χ1v) is 7.06. The maximum absolute atomic E-state index is 10.9. The molecule has 1 atom stereocenters. The van der Waals surface area contributed by atoms with E-state index >= 15 is 0 Å². The molecular formula is C6H15O5PS. The molecule has 0 rings (SSSR count). The van der Waals surface area contributed by atoms with Crippen LogP contribution in [0.3, 0.4) is 0 Å². The van der Waals surface area contributed by atoms with Crippen LogP contribution in [0.15, 0.2) is 0 Å². The standard InChI is InChI=1S/C6H15O5PS/c1-3-11-12(7)5-4-6-13(8,9)10-2/h12H,3-6H2,1-2H3. The molecule has 0 radical (unpaired) electrons. The molecule has 0 N–H and O–H groups in total. The summed E-state index contributed by atoms with van der Waals surface area (Å²) in [5.41, 5.74) is 0. The molecule has 0 bridgehead atoms. The summed E-state index contributed by atoms with van der Waals surface area (Å²) < 4.78 is 41.5. The molecule has 0 aliphatic carbocycles. The van der Waals surface area contributed by atoms with Crippen LogP contribution in [0.25, 0.3) is 0 Å². The van der Waals surface area contributed by atoms with Gasteiger partial charge in [-0.25, -0.2) is 0 Å². The smallest absolute Gasteiger partial charge is 0.267 e. The van der Waals surface area contributed by atoms with E-state index in [1.54, 1.807) is 6.92 Å². The predicted molar refractivity (Wildman–Crippen MR) is 50.9 cm³/mol. The Balaban J connectivity index is 3.62. The lowest BCUT2D eigenvalue weighted by molar-refractivity contribution is 0.350. The highest BCUT2D eigenvalue weighted by Gasteiger charge is 2.09. The largest absolute Gasteiger partial charge is 0.331 e. The van der Waals surface area contributed by atoms with Crippen LogP contribution in [-0.2, 0) is 23.4 Å². The van der Waals surface area contributed by atoms with Gasteiger partial charge in [-0.2, -0.15) is 8.42 Å². The van der Waals surface area contributed by atoms with E-state index in [1.165, 1.54) is 0 Å². The average molecular weight is 230 g/mol. The van der Waals surface area contributed by atoms with Crippen molar-refractivity contribution in [2.24, 2.45) is 0 Å². The first-order chi connectivity index (χ1) is 6.02. The third kappa shape index (κ3) is 7.19. The number of hydrogen-bond donors (Lipinski definition) is 0. The van der Waals surface area contributed by atoms with Crippen molar-refractivity contribution in [1.82, 2.24) is 0 Å². The van der Waals surface area contributed by atoms with Crippen molar-refractivity contribution >= 4 is 18.1 Å². The lowest BCUT2D eigenvalue weighted by atomic mass is 10.6. The minimum Gasteiger partial charge on any atom is -0.331 e. The second-order valence-electron chi connectivity index (χ2n) is 2.34. The van der Waals surface area contributed by atoms with Gasteiger partial charge in [0.05, 0.1) is 19.5 Å². The van der Waals surface area contributed by atoms with E-state index in [1.807, 2.05) is 0 Å². The molecule has 7 heteroatoms. The molecule has 0 saturated carbocycles. The van der Waals surface area contributed by atoms with Gasteiger partial charge in [0.2, 0.25) is 0 Å². The number of rotatable bonds is 7. The van der Waals surface area contributed by atoms with Gasteiger partial charge in [0.15, 0.2) is 8.03 Å². The zero-order valence-electron chi connectivity index (χ0n) is 7.78. The van der Waals surface area contributed by atoms with E-state index in [-0.39, 0.29) is 5.75 Å². The van der Waals surface area contributed by atoms with Crippen molar-refractivity contribution in [3.63, 3.8) is 0 Å². The highest BCUT2D eigenvalue weighted by Crippen LogP contribution is 2.22. The van der Waals surface area contributed by atoms with Crippen LogP contribution in [0.4, 0.5) is 0 Å². The van der Waals surface area contributed by atoms with Crippen LogP contribution < -0.4 is 0 Å². The predicted octanol–water partition coefficient (Wildman–Crippen LogP) is 0.864. The lowest BCUT2D eigenvalue weighted by Crippen LogP contribution is -2.08. The average Bonchev–Trinajstić information content (AvgIpc) is 2.05. The summed E-state index contributed by atoms with van der Waals surface area (Å²) in [7, 11) is -4.34. The van der Waals surface area contributed by atoms with Crippen LogP contribution in [0, 0.1) is 0 Å². The van der Waals surface area contributed by atoms with Gasteiger partial charge in [0.1, 0.15) is 0 Å². The normalized spacial score (nSPS) is 14.3. The second-order valence-corrected chi connectivity index (χ2v) is 5.73. The maximum atomic E-state index is 10.9. The fourth-order valence-electron chi connectivity index (χ4n) is 0.710. The minimum atomic E-state index is -3.41. The van der Waals surface area contributed by atoms with Gasteiger partial charge in [-0.3, -0.25) is 8.75 Å². The van der Waals surface area contributed by atoms with Crippen molar-refractivity contribution in [3.05, 3.63) is 0 Å². The van der Waals surface area contributed by atoms with Gasteiger partial charge in [-0.05, 0) is 13.3 Å². The highest BCUT2D eigenvalue weighted by atomic mass is 32.2. The molecular weight excluding hydrogens is 215 g/mol. The second kappa shape index (κ2) is 6.54. The molecule has 0 aliphatic heterocycles. The molecule has 0 amide bonds. The Morgan fingerprint density at radius 3 is 2.46 bits per heavy atom. The van der Waals surface area contributed by atoms with Gasteiger partial charge in [0, 0.05) is 6.16 Å². The summed E-state index contributed by atoms with van der Waals surface area (Å²) in [6.07, 6.45) is 0.606. The van der Waals surface area contributed by atoms with E-state index < -0.39 is 18.1 Å². The van der Waals surface area contributed by atoms with Crippen molar-refractivity contribution in [3.8, 4) is 0 Å². The Kier molecular flexibility index (Phi) is 6.59. The first-order valence-electron chi connectivity index (χ1n) is 3.95. The lowest BCUT2D eigenvalue weighted by Gasteiger charge is -2.01. The maximum Gasteiger partial charge on any atom is 0.267 e. The summed E-state index contributed by atoms with van der Waals surface area (Å²) >= 11 is 0. The summed E-state index contributed by atoms with van der Waals surface area (Å²) in [6, 6.07) is 0. The SMILES string of the molecule is CCO[PH](=O)CCCS(=O)(=O)OC. The summed E-state index contributed by atoms with van der Waals surface area (Å²) in [5.74, 6) is -0.104. The molecule has 0 aromatic heterocycles. The first kappa shape index (κ1) is 13.1. The summed E-state index contributed by atoms with van der Waals surface area (Å²) in [4.78, 5) is 0. The molecule has 0 saturated heterocycles. The molecule has 13 heavy (non-hydrogen) atoms. The summed E-state index contributed by atoms with van der Waals surface area (Å²) in [6.45, 7) is 2.14. The van der Waals surface area contributed by atoms with Crippen LogP contribution in [-0.4, -0.2) is 34.0 Å². The van der Waals surface area contributed by atoms with E-state index in [4.69, 9.17) is 4.52 Å². The Morgan fingerprint density at radius 2 is 2.00 bits per heavy atom. The summed E-state index contributed by atoms with van der Waals surface area (Å²) in [5, 5.41) is 0. The number of hydrogen-bond acceptors (Lipinski definition) is 5. The minimum absolute atomic E-state index is 0.104. The quantitative estimate of drug-likeness (QED) is 0.479. The third-order valence-electron chi connectivity index (χ3n) is 1.33. The van der Waals surface area contributed by atoms with Crippen molar-refractivity contribution in [1.29, 1.82) is 0 Å². The zero-order valence-corrected chi connectivity index (χ0v) is 9.59. The third-order valence-corrected chi connectivity index (χ3v) is 4.00. The zero-order chi connectivity index (χ0) is 10.3. The van der Waals surface area contributed by atoms with Crippen molar-refractivity contribution < 1.29 is 21.7 Å². The van der Waals surface area contributed by atoms with E-state index in [9.17, 15) is 13.0 Å². The molecule has 0 aliphatic rings. The topological polar surface area (TPSA) is 69.7 Å². The highest BCUT2D eigenvalue weighted by molar-refractivity contribution is 7.86. The van der Waals surface area contributed by atoms with Crippen LogP contribution in [0.5, 0.6) is 0 Å². The fraction of sp³-hybridized carbons (Fsp3) is 1.00. The van der Waals surface area contributed by atoms with Crippen molar-refractivity contribution in [2.75, 3.05) is 25.6 Å². The Hall–Kier alpha value is 0.100. The van der Waals surface area contributed by atoms with Crippen molar-refractivity contribution in [2.45, 2.75) is 13.3 Å². The van der Waals surface area contributed by atoms with E-state index in [2.05, 4.69) is 4.18 Å². The monoisotopic (exact) mass is 230 g/mol. The van der Waals surface area contributed by atoms with Crippen LogP contribution >= 0.6 is 8.03 Å². The van der Waals surface area contributed by atoms with Gasteiger partial charge in [0.25, 0.3) is 10.1 Å². The van der Waals surface area contributed by atoms with Gasteiger partial charge < -0.3 is 4.52 Å². The molecule has 0 spiro atoms. The molecule has 1 unspecified atom stereocenters. The van der Waals surface area contributed by atoms with Crippen LogP contribution in [0.1, 0.15) is 13.3 Å². The Labute approximate surface area is 79.4 Å². The van der Waals surface area contributed by atoms with E-state index in [0.29, 0.717) is 19.2 Å². The van der Waals surface area contributed by atoms with Gasteiger partial charge in [-0.15, -0.1) is 0 Å². The van der Waals surface area contributed by atoms with Gasteiger partial charge in [-0.1, -0.05) is 0 Å². The Bertz CT molecular complexity index is 248. The fourth-order valence-corrected chi connectivity index (χ4v) is 2.56. The van der Waals surface area contributed by atoms with Crippen LogP contribution in [0.2, 0.25) is 0 Å². The molecule has 80 valence electrons. The molecule has 0 heterocycles. The Morgan fingerprint density at radius 1 is 1.38 bits per heavy atom. The molecule has 0 fully saturated rings. The van der Waals surface area contributed by atoms with E-state index in [0.717, 1.165) is 7.11 Å².